The van der Waals surface area contributed by atoms with E-state index in [0.29, 0.717) is 0 Å². The zero-order valence-corrected chi connectivity index (χ0v) is 16.8. The molecule has 0 aliphatic carbocycles. The third kappa shape index (κ3) is 4.36. The molecular weight excluding hydrogens is 415 g/mol. The van der Waals surface area contributed by atoms with Gasteiger partial charge >= 0.3 is 5.97 Å². The topological polar surface area (TPSA) is 77.9 Å². The average Bonchev–Trinajstić information content (AvgIpc) is 2.96. The fourth-order valence-electron chi connectivity index (χ4n) is 2.69. The molecular formula is C20H15FN2O4S2. The van der Waals surface area contributed by atoms with E-state index in [-0.39, 0.29) is 32.6 Å². The SMILES string of the molecule is CN(C(=O)CN1C(=O)/C(=C/c2ccccc2F)SC1=S)c1ccccc1C(=O)O. The summed E-state index contributed by atoms with van der Waals surface area (Å²) in [5.41, 5.74) is 0.414. The maximum absolute atomic E-state index is 13.9. The van der Waals surface area contributed by atoms with Gasteiger partial charge in [0.2, 0.25) is 5.91 Å². The van der Waals surface area contributed by atoms with Crippen LogP contribution in [-0.2, 0) is 9.59 Å². The molecule has 2 aromatic rings. The summed E-state index contributed by atoms with van der Waals surface area (Å²) in [6, 6.07) is 12.1. The van der Waals surface area contributed by atoms with Crippen molar-refractivity contribution in [3.05, 3.63) is 70.4 Å². The van der Waals surface area contributed by atoms with E-state index in [0.717, 1.165) is 16.7 Å². The molecule has 6 nitrogen and oxygen atoms in total. The van der Waals surface area contributed by atoms with Gasteiger partial charge in [-0.1, -0.05) is 54.3 Å². The van der Waals surface area contributed by atoms with Crippen LogP contribution in [0.3, 0.4) is 0 Å². The Kier molecular flexibility index (Phi) is 6.09. The van der Waals surface area contributed by atoms with Crippen LogP contribution in [0.2, 0.25) is 0 Å². The highest BCUT2D eigenvalue weighted by Gasteiger charge is 2.34. The Balaban J connectivity index is 1.79. The number of aromatic carboxylic acids is 1. The fourth-order valence-corrected chi connectivity index (χ4v) is 3.94. The molecule has 0 spiro atoms. The van der Waals surface area contributed by atoms with Gasteiger partial charge in [0.05, 0.1) is 16.2 Å². The van der Waals surface area contributed by atoms with Gasteiger partial charge in [-0.3, -0.25) is 14.5 Å². The van der Waals surface area contributed by atoms with Crippen LogP contribution in [0.4, 0.5) is 10.1 Å². The van der Waals surface area contributed by atoms with Crippen molar-refractivity contribution in [3.63, 3.8) is 0 Å². The number of anilines is 1. The van der Waals surface area contributed by atoms with E-state index >= 15 is 0 Å². The summed E-state index contributed by atoms with van der Waals surface area (Å²) in [7, 11) is 1.43. The minimum Gasteiger partial charge on any atom is -0.478 e. The number of thioether (sulfide) groups is 1. The Morgan fingerprint density at radius 1 is 1.21 bits per heavy atom. The van der Waals surface area contributed by atoms with Crippen LogP contribution in [-0.4, -0.2) is 45.7 Å². The molecule has 1 fully saturated rings. The first-order valence-corrected chi connectivity index (χ1v) is 9.61. The van der Waals surface area contributed by atoms with Gasteiger partial charge in [-0.15, -0.1) is 0 Å². The Hall–Kier alpha value is -3.04. The summed E-state index contributed by atoms with van der Waals surface area (Å²) < 4.78 is 14.0. The molecule has 0 atom stereocenters. The number of para-hydroxylation sites is 1. The minimum absolute atomic E-state index is 0.0341. The third-order valence-corrected chi connectivity index (χ3v) is 5.61. The largest absolute Gasteiger partial charge is 0.478 e. The summed E-state index contributed by atoms with van der Waals surface area (Å²) in [5.74, 6) is -2.66. The van der Waals surface area contributed by atoms with Gasteiger partial charge in [0.15, 0.2) is 0 Å². The number of nitrogens with zero attached hydrogens (tertiary/aromatic N) is 2. The number of thiocarbonyl (C=S) groups is 1. The Morgan fingerprint density at radius 2 is 1.86 bits per heavy atom. The number of benzene rings is 2. The molecule has 1 heterocycles. The highest BCUT2D eigenvalue weighted by molar-refractivity contribution is 8.26. The standard InChI is InChI=1S/C20H15FN2O4S2/c1-22(15-9-5-3-7-13(15)19(26)27)17(24)11-23-18(25)16(29-20(23)28)10-12-6-2-4-8-14(12)21/h2-10H,11H2,1H3,(H,26,27)/b16-10-. The van der Waals surface area contributed by atoms with E-state index < -0.39 is 23.6 Å². The molecule has 0 saturated carbocycles. The second-order valence-corrected chi connectivity index (χ2v) is 7.74. The predicted molar refractivity (Wildman–Crippen MR) is 113 cm³/mol. The monoisotopic (exact) mass is 430 g/mol. The number of halogens is 1. The second kappa shape index (κ2) is 8.54. The highest BCUT2D eigenvalue weighted by Crippen LogP contribution is 2.33. The quantitative estimate of drug-likeness (QED) is 0.579. The first-order valence-electron chi connectivity index (χ1n) is 8.38. The van der Waals surface area contributed by atoms with Crippen molar-refractivity contribution in [1.29, 1.82) is 0 Å². The molecule has 1 N–H and O–H groups in total. The highest BCUT2D eigenvalue weighted by atomic mass is 32.2. The van der Waals surface area contributed by atoms with Crippen molar-refractivity contribution >= 4 is 57.8 Å². The lowest BCUT2D eigenvalue weighted by Crippen LogP contribution is -2.40. The van der Waals surface area contributed by atoms with E-state index in [1.807, 2.05) is 0 Å². The fraction of sp³-hybridized carbons (Fsp3) is 0.100. The number of carboxylic acids is 1. The van der Waals surface area contributed by atoms with Crippen LogP contribution in [0, 0.1) is 5.82 Å². The smallest absolute Gasteiger partial charge is 0.337 e. The molecule has 3 rings (SSSR count). The second-order valence-electron chi connectivity index (χ2n) is 6.06. The number of likely N-dealkylation sites (N-methyl/N-ethyl adjacent to an activating group) is 1. The van der Waals surface area contributed by atoms with Crippen LogP contribution in [0.1, 0.15) is 15.9 Å². The van der Waals surface area contributed by atoms with Crippen molar-refractivity contribution in [2.24, 2.45) is 0 Å². The number of hydrogen-bond acceptors (Lipinski definition) is 5. The van der Waals surface area contributed by atoms with Gasteiger partial charge in [-0.25, -0.2) is 9.18 Å². The van der Waals surface area contributed by atoms with Gasteiger partial charge in [-0.05, 0) is 24.3 Å². The van der Waals surface area contributed by atoms with E-state index in [9.17, 15) is 23.9 Å². The first kappa shape index (κ1) is 20.7. The number of rotatable bonds is 5. The minimum atomic E-state index is -1.17. The van der Waals surface area contributed by atoms with Crippen molar-refractivity contribution < 1.29 is 23.9 Å². The molecule has 9 heteroatoms. The molecule has 0 bridgehead atoms. The van der Waals surface area contributed by atoms with Gasteiger partial charge in [0, 0.05) is 12.6 Å². The Labute approximate surface area is 175 Å². The number of carbonyl (C=O) groups excluding carboxylic acids is 2. The molecule has 29 heavy (non-hydrogen) atoms. The maximum atomic E-state index is 13.9. The summed E-state index contributed by atoms with van der Waals surface area (Å²) in [6.45, 7) is -0.357. The van der Waals surface area contributed by atoms with Crippen LogP contribution in [0.15, 0.2) is 53.4 Å². The van der Waals surface area contributed by atoms with Crippen LogP contribution < -0.4 is 4.90 Å². The molecule has 2 amide bonds. The zero-order valence-electron chi connectivity index (χ0n) is 15.2. The van der Waals surface area contributed by atoms with E-state index in [1.165, 1.54) is 42.3 Å². The van der Waals surface area contributed by atoms with E-state index in [1.54, 1.807) is 24.3 Å². The third-order valence-electron chi connectivity index (χ3n) is 4.23. The summed E-state index contributed by atoms with van der Waals surface area (Å²) in [6.07, 6.45) is 1.39. The van der Waals surface area contributed by atoms with Gasteiger partial charge in [-0.2, -0.15) is 0 Å². The van der Waals surface area contributed by atoms with Crippen LogP contribution >= 0.6 is 24.0 Å². The molecule has 148 valence electrons. The van der Waals surface area contributed by atoms with Crippen molar-refractivity contribution in [3.8, 4) is 0 Å². The summed E-state index contributed by atoms with van der Waals surface area (Å²) in [5, 5.41) is 9.30. The predicted octanol–water partition coefficient (Wildman–Crippen LogP) is 3.39. The molecule has 0 radical (unpaired) electrons. The number of amides is 2. The lowest BCUT2D eigenvalue weighted by molar-refractivity contribution is -0.127. The van der Waals surface area contributed by atoms with Crippen molar-refractivity contribution in [1.82, 2.24) is 4.90 Å². The average molecular weight is 430 g/mol. The molecule has 2 aromatic carbocycles. The van der Waals surface area contributed by atoms with Crippen molar-refractivity contribution in [2.45, 2.75) is 0 Å². The molecule has 1 aliphatic rings. The van der Waals surface area contributed by atoms with Gasteiger partial charge in [0.25, 0.3) is 5.91 Å². The van der Waals surface area contributed by atoms with E-state index in [4.69, 9.17) is 12.2 Å². The lowest BCUT2D eigenvalue weighted by Gasteiger charge is -2.22. The Morgan fingerprint density at radius 3 is 2.55 bits per heavy atom. The first-order chi connectivity index (χ1) is 13.8. The molecule has 0 unspecified atom stereocenters. The summed E-state index contributed by atoms with van der Waals surface area (Å²) in [4.78, 5) is 39.2. The van der Waals surface area contributed by atoms with Crippen LogP contribution in [0.25, 0.3) is 6.08 Å². The summed E-state index contributed by atoms with van der Waals surface area (Å²) >= 11 is 6.18. The number of carbonyl (C=O) groups is 3. The van der Waals surface area contributed by atoms with Crippen LogP contribution in [0.5, 0.6) is 0 Å². The van der Waals surface area contributed by atoms with E-state index in [2.05, 4.69) is 0 Å². The molecule has 1 saturated heterocycles. The van der Waals surface area contributed by atoms with Gasteiger partial charge in [0.1, 0.15) is 16.7 Å². The maximum Gasteiger partial charge on any atom is 0.337 e. The Bertz CT molecular complexity index is 1050. The molecule has 1 aliphatic heterocycles. The van der Waals surface area contributed by atoms with Gasteiger partial charge < -0.3 is 10.0 Å². The van der Waals surface area contributed by atoms with Crippen molar-refractivity contribution in [2.75, 3.05) is 18.5 Å². The number of hydrogen-bond donors (Lipinski definition) is 1. The normalized spacial score (nSPS) is 15.1. The lowest BCUT2D eigenvalue weighted by atomic mass is 10.1. The number of carboxylic acid groups (broad SMARTS) is 1. The zero-order chi connectivity index (χ0) is 21.1. The molecule has 0 aromatic heterocycles.